The topological polar surface area (TPSA) is 0 Å². The van der Waals surface area contributed by atoms with Gasteiger partial charge in [-0.25, -0.2) is 0 Å². The molecule has 2 rings (SSSR count). The third-order valence-electron chi connectivity index (χ3n) is 4.01. The summed E-state index contributed by atoms with van der Waals surface area (Å²) in [6.45, 7) is 13.8. The average Bonchev–Trinajstić information content (AvgIpc) is 2.63. The Morgan fingerprint density at radius 3 is 1.68 bits per heavy atom. The van der Waals surface area contributed by atoms with Crippen molar-refractivity contribution in [2.45, 2.75) is 52.1 Å². The van der Waals surface area contributed by atoms with Gasteiger partial charge in [0.1, 0.15) is 16.1 Å². The van der Waals surface area contributed by atoms with Crippen LogP contribution >= 0.6 is 0 Å². The lowest BCUT2D eigenvalue weighted by molar-refractivity contribution is 1.10. The molecule has 0 aromatic heterocycles. The van der Waals surface area contributed by atoms with Crippen molar-refractivity contribution in [1.82, 2.24) is 0 Å². The van der Waals surface area contributed by atoms with Gasteiger partial charge in [-0.3, -0.25) is 0 Å². The minimum atomic E-state index is -1.48. The zero-order valence-corrected chi connectivity index (χ0v) is 20.2. The highest BCUT2D eigenvalue weighted by Gasteiger charge is 2.13. The van der Waals surface area contributed by atoms with Gasteiger partial charge in [-0.2, -0.15) is 0 Å². The van der Waals surface area contributed by atoms with E-state index >= 15 is 0 Å². The fraction of sp³-hybridized carbons (Fsp3) is 0.308. The van der Waals surface area contributed by atoms with Gasteiger partial charge >= 0.3 is 0 Å². The summed E-state index contributed by atoms with van der Waals surface area (Å²) >= 11 is 0. The Kier molecular flexibility index (Phi) is 7.70. The van der Waals surface area contributed by atoms with Gasteiger partial charge in [0.25, 0.3) is 0 Å². The van der Waals surface area contributed by atoms with Gasteiger partial charge in [0.15, 0.2) is 0 Å². The van der Waals surface area contributed by atoms with Crippen LogP contribution in [0.3, 0.4) is 0 Å². The molecule has 0 amide bonds. The van der Waals surface area contributed by atoms with Gasteiger partial charge in [-0.05, 0) is 23.1 Å². The van der Waals surface area contributed by atoms with E-state index in [0.717, 1.165) is 18.4 Å². The minimum absolute atomic E-state index is 0.874. The van der Waals surface area contributed by atoms with Crippen molar-refractivity contribution >= 4 is 27.3 Å². The molecule has 0 atom stereocenters. The van der Waals surface area contributed by atoms with E-state index in [2.05, 4.69) is 123 Å². The first-order chi connectivity index (χ1) is 13.2. The molecule has 0 unspecified atom stereocenters. The summed E-state index contributed by atoms with van der Waals surface area (Å²) < 4.78 is 0. The first-order valence-electron chi connectivity index (χ1n) is 10.0. The molecule has 2 aromatic carbocycles. The number of benzene rings is 2. The molecule has 0 saturated carbocycles. The molecule has 0 fully saturated rings. The quantitative estimate of drug-likeness (QED) is 0.291. The van der Waals surface area contributed by atoms with Gasteiger partial charge in [0, 0.05) is 12.0 Å². The molecule has 0 nitrogen and oxygen atoms in total. The van der Waals surface area contributed by atoms with E-state index in [1.165, 1.54) is 16.7 Å². The Labute approximate surface area is 174 Å². The van der Waals surface area contributed by atoms with Crippen LogP contribution in [0.15, 0.2) is 60.7 Å². The van der Waals surface area contributed by atoms with Gasteiger partial charge in [-0.15, -0.1) is 17.0 Å². The van der Waals surface area contributed by atoms with Crippen molar-refractivity contribution < 1.29 is 0 Å². The Hall–Kier alpha value is -2.27. The summed E-state index contributed by atoms with van der Waals surface area (Å²) in [6.07, 6.45) is 1.80. The van der Waals surface area contributed by atoms with E-state index in [1.54, 1.807) is 0 Å². The molecule has 2 heteroatoms. The van der Waals surface area contributed by atoms with Crippen LogP contribution in [0.5, 0.6) is 0 Å². The molecule has 2 aromatic rings. The summed E-state index contributed by atoms with van der Waals surface area (Å²) in [4.78, 5) is 0. The van der Waals surface area contributed by atoms with E-state index in [-0.39, 0.29) is 0 Å². The summed E-state index contributed by atoms with van der Waals surface area (Å²) in [7, 11) is -2.82. The van der Waals surface area contributed by atoms with Crippen molar-refractivity contribution in [2.75, 3.05) is 0 Å². The Morgan fingerprint density at radius 2 is 1.18 bits per heavy atom. The Balaban J connectivity index is 2.58. The summed E-state index contributed by atoms with van der Waals surface area (Å²) in [5, 5.41) is 0. The second-order valence-corrected chi connectivity index (χ2v) is 18.6. The monoisotopic (exact) mass is 400 g/mol. The Morgan fingerprint density at radius 1 is 0.679 bits per heavy atom. The highest BCUT2D eigenvalue weighted by molar-refractivity contribution is 6.84. The molecule has 28 heavy (non-hydrogen) atoms. The van der Waals surface area contributed by atoms with Crippen LogP contribution in [0.4, 0.5) is 0 Å². The number of hydrogen-bond donors (Lipinski definition) is 0. The zero-order valence-electron chi connectivity index (χ0n) is 18.2. The summed E-state index contributed by atoms with van der Waals surface area (Å²) in [6, 6.07) is 21.3. The van der Waals surface area contributed by atoms with Gasteiger partial charge in [0.2, 0.25) is 0 Å². The number of rotatable bonds is 4. The molecule has 0 N–H and O–H groups in total. The van der Waals surface area contributed by atoms with Crippen LogP contribution in [-0.4, -0.2) is 16.1 Å². The third kappa shape index (κ3) is 7.77. The second-order valence-electron chi connectivity index (χ2n) is 9.14. The van der Waals surface area contributed by atoms with Crippen LogP contribution in [0.25, 0.3) is 11.1 Å². The largest absolute Gasteiger partial charge is 0.132 e. The van der Waals surface area contributed by atoms with Crippen LogP contribution < -0.4 is 0 Å². The first kappa shape index (κ1) is 22.0. The highest BCUT2D eigenvalue weighted by Crippen LogP contribution is 2.30. The van der Waals surface area contributed by atoms with Crippen molar-refractivity contribution in [3.05, 3.63) is 71.8 Å². The normalized spacial score (nSPS) is 12.2. The van der Waals surface area contributed by atoms with E-state index in [9.17, 15) is 0 Å². The molecule has 0 bridgehead atoms. The average molecular weight is 401 g/mol. The van der Waals surface area contributed by atoms with E-state index in [1.807, 2.05) is 0 Å². The van der Waals surface area contributed by atoms with Crippen molar-refractivity contribution in [3.8, 4) is 22.9 Å². The lowest BCUT2D eigenvalue weighted by Crippen LogP contribution is -2.16. The third-order valence-corrected chi connectivity index (χ3v) is 5.81. The molecule has 0 aliphatic rings. The van der Waals surface area contributed by atoms with Gasteiger partial charge < -0.3 is 0 Å². The van der Waals surface area contributed by atoms with E-state index < -0.39 is 16.1 Å². The molecular weight excluding hydrogens is 368 g/mol. The zero-order chi connectivity index (χ0) is 20.6. The maximum atomic E-state index is 3.59. The van der Waals surface area contributed by atoms with Gasteiger partial charge in [-0.1, -0.05) is 106 Å². The summed E-state index contributed by atoms with van der Waals surface area (Å²) in [5.41, 5.74) is 12.0. The molecular formula is C26H32Si2. The van der Waals surface area contributed by atoms with E-state index in [4.69, 9.17) is 0 Å². The Bertz CT molecular complexity index is 917. The van der Waals surface area contributed by atoms with Crippen LogP contribution in [0.2, 0.25) is 39.3 Å². The predicted octanol–water partition coefficient (Wildman–Crippen LogP) is 7.14. The van der Waals surface area contributed by atoms with Gasteiger partial charge in [0.05, 0.1) is 0 Å². The lowest BCUT2D eigenvalue weighted by atomic mass is 9.92. The minimum Gasteiger partial charge on any atom is -0.132 e. The number of allylic oxidation sites excluding steroid dienone is 2. The molecule has 0 heterocycles. The molecule has 144 valence electrons. The highest BCUT2D eigenvalue weighted by atomic mass is 28.3. The van der Waals surface area contributed by atoms with Crippen molar-refractivity contribution in [2.24, 2.45) is 0 Å². The maximum Gasteiger partial charge on any atom is 0.129 e. The SMILES string of the molecule is C[Si](C)(C)C#CCC/C(=C(\C#C[Si](C)(C)C)c1ccccc1)c1ccccc1. The van der Waals surface area contributed by atoms with Crippen LogP contribution in [0, 0.1) is 22.9 Å². The lowest BCUT2D eigenvalue weighted by Gasteiger charge is -2.13. The molecule has 0 radical (unpaired) electrons. The summed E-state index contributed by atoms with van der Waals surface area (Å²) in [5.74, 6) is 7.03. The smallest absolute Gasteiger partial charge is 0.129 e. The van der Waals surface area contributed by atoms with Crippen LogP contribution in [-0.2, 0) is 0 Å². The first-order valence-corrected chi connectivity index (χ1v) is 17.0. The molecule has 0 aliphatic heterocycles. The van der Waals surface area contributed by atoms with Crippen molar-refractivity contribution in [3.63, 3.8) is 0 Å². The predicted molar refractivity (Wildman–Crippen MR) is 131 cm³/mol. The molecule has 0 spiro atoms. The fourth-order valence-corrected chi connectivity index (χ4v) is 3.90. The molecule has 0 aliphatic carbocycles. The standard InChI is InChI=1S/C26H32Si2/c1-27(2,3)21-14-13-19-25(23-15-9-7-10-16-23)26(20-22-28(4,5)6)24-17-11-8-12-18-24/h7-12,15-18H,13,19H2,1-6H3/b26-25-. The van der Waals surface area contributed by atoms with Crippen LogP contribution in [0.1, 0.15) is 24.0 Å². The fourth-order valence-electron chi connectivity index (χ4n) is 2.74. The van der Waals surface area contributed by atoms with Crippen molar-refractivity contribution in [1.29, 1.82) is 0 Å². The maximum absolute atomic E-state index is 3.59. The molecule has 0 saturated heterocycles. The number of hydrogen-bond acceptors (Lipinski definition) is 0. The second kappa shape index (κ2) is 9.79. The van der Waals surface area contributed by atoms with E-state index in [0.29, 0.717) is 0 Å².